The Morgan fingerprint density at radius 1 is 1.08 bits per heavy atom. The lowest BCUT2D eigenvalue weighted by molar-refractivity contribution is 0.149. The van der Waals surface area contributed by atoms with E-state index in [9.17, 15) is 8.78 Å². The van der Waals surface area contributed by atoms with Crippen molar-refractivity contribution in [2.24, 2.45) is 0 Å². The van der Waals surface area contributed by atoms with E-state index >= 15 is 0 Å². The van der Waals surface area contributed by atoms with E-state index in [1.54, 1.807) is 0 Å². The standard InChI is InChI=1S/C8H10F2N2/c9-8(10)3-5-1-6(11)4-7(12)2-5/h1-2,4,8H,3,11-12H2. The molecule has 2 nitrogen and oxygen atoms in total. The maximum absolute atomic E-state index is 11.9. The van der Waals surface area contributed by atoms with Crippen molar-refractivity contribution in [3.05, 3.63) is 23.8 Å². The molecule has 0 heterocycles. The van der Waals surface area contributed by atoms with E-state index in [1.807, 2.05) is 0 Å². The number of anilines is 2. The molecule has 66 valence electrons. The zero-order valence-corrected chi connectivity index (χ0v) is 6.43. The molecular formula is C8H10F2N2. The number of benzene rings is 1. The van der Waals surface area contributed by atoms with Gasteiger partial charge in [-0.05, 0) is 23.8 Å². The SMILES string of the molecule is Nc1cc(N)cc(CC(F)F)c1. The number of hydrogen-bond donors (Lipinski definition) is 2. The molecule has 0 radical (unpaired) electrons. The fourth-order valence-corrected chi connectivity index (χ4v) is 1.04. The predicted molar refractivity (Wildman–Crippen MR) is 45.0 cm³/mol. The molecule has 0 spiro atoms. The lowest BCUT2D eigenvalue weighted by Gasteiger charge is -2.03. The molecule has 4 N–H and O–H groups in total. The normalized spacial score (nSPS) is 10.6. The molecule has 0 saturated carbocycles. The molecule has 0 aliphatic heterocycles. The molecule has 1 rings (SSSR count). The molecule has 1 aromatic carbocycles. The van der Waals surface area contributed by atoms with Crippen molar-refractivity contribution in [2.45, 2.75) is 12.8 Å². The summed E-state index contributed by atoms with van der Waals surface area (Å²) in [7, 11) is 0. The summed E-state index contributed by atoms with van der Waals surface area (Å²) in [5, 5.41) is 0. The van der Waals surface area contributed by atoms with Gasteiger partial charge in [-0.25, -0.2) is 8.78 Å². The van der Waals surface area contributed by atoms with Gasteiger partial charge in [-0.3, -0.25) is 0 Å². The van der Waals surface area contributed by atoms with Gasteiger partial charge in [0.05, 0.1) is 0 Å². The smallest absolute Gasteiger partial charge is 0.242 e. The van der Waals surface area contributed by atoms with Crippen molar-refractivity contribution >= 4 is 11.4 Å². The molecule has 0 aliphatic carbocycles. The number of nitrogens with two attached hydrogens (primary N) is 2. The largest absolute Gasteiger partial charge is 0.399 e. The Balaban J connectivity index is 2.85. The van der Waals surface area contributed by atoms with Crippen LogP contribution in [0.15, 0.2) is 18.2 Å². The van der Waals surface area contributed by atoms with Crippen molar-refractivity contribution in [3.8, 4) is 0 Å². The summed E-state index contributed by atoms with van der Waals surface area (Å²) in [5.41, 5.74) is 12.1. The second-order valence-corrected chi connectivity index (χ2v) is 2.60. The first-order valence-corrected chi connectivity index (χ1v) is 3.51. The van der Waals surface area contributed by atoms with Crippen LogP contribution in [-0.2, 0) is 6.42 Å². The van der Waals surface area contributed by atoms with E-state index in [4.69, 9.17) is 11.5 Å². The number of hydrogen-bond acceptors (Lipinski definition) is 2. The second kappa shape index (κ2) is 3.38. The summed E-state index contributed by atoms with van der Waals surface area (Å²) in [5.74, 6) is 0. The van der Waals surface area contributed by atoms with Crippen molar-refractivity contribution in [1.82, 2.24) is 0 Å². The van der Waals surface area contributed by atoms with E-state index in [1.165, 1.54) is 18.2 Å². The van der Waals surface area contributed by atoms with Crippen LogP contribution in [0.3, 0.4) is 0 Å². The molecule has 0 fully saturated rings. The van der Waals surface area contributed by atoms with Crippen LogP contribution >= 0.6 is 0 Å². The lowest BCUT2D eigenvalue weighted by atomic mass is 10.1. The molecule has 0 saturated heterocycles. The van der Waals surface area contributed by atoms with Gasteiger partial charge in [-0.2, -0.15) is 0 Å². The molecule has 0 amide bonds. The van der Waals surface area contributed by atoms with Crippen LogP contribution < -0.4 is 11.5 Å². The predicted octanol–water partition coefficient (Wildman–Crippen LogP) is 1.66. The summed E-state index contributed by atoms with van der Waals surface area (Å²) in [6, 6.07) is 4.54. The fraction of sp³-hybridized carbons (Fsp3) is 0.250. The Morgan fingerprint density at radius 3 is 2.00 bits per heavy atom. The van der Waals surface area contributed by atoms with E-state index in [2.05, 4.69) is 0 Å². The van der Waals surface area contributed by atoms with E-state index < -0.39 is 6.43 Å². The monoisotopic (exact) mass is 172 g/mol. The second-order valence-electron chi connectivity index (χ2n) is 2.60. The lowest BCUT2D eigenvalue weighted by Crippen LogP contribution is -1.99. The quantitative estimate of drug-likeness (QED) is 0.666. The summed E-state index contributed by atoms with van der Waals surface area (Å²) in [6.07, 6.45) is -2.65. The van der Waals surface area contributed by atoms with Crippen molar-refractivity contribution in [1.29, 1.82) is 0 Å². The summed E-state index contributed by atoms with van der Waals surface area (Å²) < 4.78 is 23.8. The highest BCUT2D eigenvalue weighted by molar-refractivity contribution is 5.54. The van der Waals surface area contributed by atoms with Gasteiger partial charge in [0.25, 0.3) is 0 Å². The zero-order chi connectivity index (χ0) is 9.14. The first-order valence-electron chi connectivity index (χ1n) is 3.51. The third-order valence-corrected chi connectivity index (χ3v) is 1.43. The number of alkyl halides is 2. The molecule has 1 aromatic rings. The van der Waals surface area contributed by atoms with E-state index in [0.717, 1.165) is 0 Å². The minimum Gasteiger partial charge on any atom is -0.399 e. The maximum Gasteiger partial charge on any atom is 0.242 e. The highest BCUT2D eigenvalue weighted by Crippen LogP contribution is 2.16. The Morgan fingerprint density at radius 2 is 1.58 bits per heavy atom. The van der Waals surface area contributed by atoms with Gasteiger partial charge in [-0.1, -0.05) is 0 Å². The molecule has 4 heteroatoms. The van der Waals surface area contributed by atoms with Crippen molar-refractivity contribution in [2.75, 3.05) is 11.5 Å². The Labute approximate surface area is 69.2 Å². The molecular weight excluding hydrogens is 162 g/mol. The average molecular weight is 172 g/mol. The number of rotatable bonds is 2. The molecule has 0 atom stereocenters. The minimum atomic E-state index is -2.36. The van der Waals surface area contributed by atoms with Crippen LogP contribution in [0, 0.1) is 0 Å². The van der Waals surface area contributed by atoms with Gasteiger partial charge in [0, 0.05) is 17.8 Å². The number of nitrogen functional groups attached to an aromatic ring is 2. The van der Waals surface area contributed by atoms with E-state index in [-0.39, 0.29) is 6.42 Å². The first-order chi connectivity index (χ1) is 5.58. The van der Waals surface area contributed by atoms with Gasteiger partial charge in [0.2, 0.25) is 6.43 Å². The molecule has 0 unspecified atom stereocenters. The maximum atomic E-state index is 11.9. The highest BCUT2D eigenvalue weighted by atomic mass is 19.3. The summed E-state index contributed by atoms with van der Waals surface area (Å²) in [6.45, 7) is 0. The Hall–Kier alpha value is -1.32. The van der Waals surface area contributed by atoms with Crippen molar-refractivity contribution < 1.29 is 8.78 Å². The van der Waals surface area contributed by atoms with Crippen LogP contribution in [0.4, 0.5) is 20.2 Å². The first kappa shape index (κ1) is 8.77. The van der Waals surface area contributed by atoms with Gasteiger partial charge in [0.15, 0.2) is 0 Å². The van der Waals surface area contributed by atoms with Crippen LogP contribution in [0.25, 0.3) is 0 Å². The van der Waals surface area contributed by atoms with Crippen molar-refractivity contribution in [3.63, 3.8) is 0 Å². The van der Waals surface area contributed by atoms with E-state index in [0.29, 0.717) is 16.9 Å². The van der Waals surface area contributed by atoms with Gasteiger partial charge >= 0.3 is 0 Å². The highest BCUT2D eigenvalue weighted by Gasteiger charge is 2.05. The number of halogens is 2. The van der Waals surface area contributed by atoms with Gasteiger partial charge in [0.1, 0.15) is 0 Å². The molecule has 0 bridgehead atoms. The van der Waals surface area contributed by atoms with Crippen LogP contribution in [0.1, 0.15) is 5.56 Å². The summed E-state index contributed by atoms with van der Waals surface area (Å²) in [4.78, 5) is 0. The van der Waals surface area contributed by atoms with Crippen LogP contribution in [-0.4, -0.2) is 6.43 Å². The van der Waals surface area contributed by atoms with Crippen LogP contribution in [0.5, 0.6) is 0 Å². The fourth-order valence-electron chi connectivity index (χ4n) is 1.04. The minimum absolute atomic E-state index is 0.296. The molecule has 12 heavy (non-hydrogen) atoms. The third-order valence-electron chi connectivity index (χ3n) is 1.43. The summed E-state index contributed by atoms with van der Waals surface area (Å²) >= 11 is 0. The average Bonchev–Trinajstić information content (AvgIpc) is 1.81. The molecule has 0 aromatic heterocycles. The third kappa shape index (κ3) is 2.38. The Kier molecular flexibility index (Phi) is 2.47. The van der Waals surface area contributed by atoms with Crippen LogP contribution in [0.2, 0.25) is 0 Å². The topological polar surface area (TPSA) is 52.0 Å². The van der Waals surface area contributed by atoms with Gasteiger partial charge in [-0.15, -0.1) is 0 Å². The Bertz CT molecular complexity index is 254. The molecule has 0 aliphatic rings. The van der Waals surface area contributed by atoms with Gasteiger partial charge < -0.3 is 11.5 Å². The zero-order valence-electron chi connectivity index (χ0n) is 6.43.